The van der Waals surface area contributed by atoms with E-state index in [4.69, 9.17) is 4.74 Å². The van der Waals surface area contributed by atoms with Gasteiger partial charge in [0.2, 0.25) is 0 Å². The van der Waals surface area contributed by atoms with Crippen molar-refractivity contribution in [3.05, 3.63) is 17.6 Å². The zero-order valence-electron chi connectivity index (χ0n) is 11.4. The third-order valence-corrected chi connectivity index (χ3v) is 3.28. The van der Waals surface area contributed by atoms with Crippen molar-refractivity contribution in [1.29, 1.82) is 0 Å². The molecule has 0 radical (unpaired) electrons. The van der Waals surface area contributed by atoms with Crippen LogP contribution in [-0.4, -0.2) is 29.1 Å². The van der Waals surface area contributed by atoms with Gasteiger partial charge in [-0.3, -0.25) is 4.79 Å². The molecule has 0 atom stereocenters. The van der Waals surface area contributed by atoms with Crippen molar-refractivity contribution < 1.29 is 9.53 Å². The Balaban J connectivity index is 1.81. The smallest absolute Gasteiger partial charge is 0.305 e. The zero-order chi connectivity index (χ0) is 13.5. The molecule has 104 valence electrons. The number of nitrogens with zero attached hydrogens (tertiary/aromatic N) is 2. The molecule has 2 rings (SSSR count). The molecule has 0 fully saturated rings. The number of rotatable bonds is 6. The third-order valence-electron chi connectivity index (χ3n) is 3.28. The quantitative estimate of drug-likeness (QED) is 0.629. The maximum atomic E-state index is 11.2. The Morgan fingerprint density at radius 1 is 1.37 bits per heavy atom. The first-order valence-corrected chi connectivity index (χ1v) is 7.03. The predicted molar refractivity (Wildman–Crippen MR) is 73.0 cm³/mol. The summed E-state index contributed by atoms with van der Waals surface area (Å²) in [7, 11) is 0. The van der Waals surface area contributed by atoms with E-state index >= 15 is 0 Å². The summed E-state index contributed by atoms with van der Waals surface area (Å²) in [5.74, 6) is 0.808. The van der Waals surface area contributed by atoms with Crippen LogP contribution >= 0.6 is 0 Å². The number of esters is 1. The van der Waals surface area contributed by atoms with Crippen molar-refractivity contribution in [2.45, 2.75) is 45.4 Å². The Bertz CT molecular complexity index is 435. The lowest BCUT2D eigenvalue weighted by molar-refractivity contribution is -0.143. The molecule has 0 spiro atoms. The minimum absolute atomic E-state index is 0.131. The fourth-order valence-corrected chi connectivity index (χ4v) is 2.35. The van der Waals surface area contributed by atoms with E-state index in [1.54, 1.807) is 6.33 Å². The standard InChI is InChI=1S/C14H21N3O2/c1-2-19-13(18)8-5-9-15-14-11-6-3-4-7-12(11)16-10-17-14/h10H,2-9H2,1H3,(H,15,16,17). The fourth-order valence-electron chi connectivity index (χ4n) is 2.35. The molecule has 1 N–H and O–H groups in total. The third kappa shape index (κ3) is 3.91. The summed E-state index contributed by atoms with van der Waals surface area (Å²) >= 11 is 0. The SMILES string of the molecule is CCOC(=O)CCCNc1ncnc2c1CCCC2. The molecule has 1 aliphatic rings. The molecule has 5 heteroatoms. The fraction of sp³-hybridized carbons (Fsp3) is 0.643. The number of ether oxygens (including phenoxy) is 1. The van der Waals surface area contributed by atoms with E-state index in [9.17, 15) is 4.79 Å². The molecule has 1 aromatic heterocycles. The summed E-state index contributed by atoms with van der Waals surface area (Å²) in [5, 5.41) is 3.31. The summed E-state index contributed by atoms with van der Waals surface area (Å²) in [6, 6.07) is 0. The van der Waals surface area contributed by atoms with Crippen LogP contribution in [0.2, 0.25) is 0 Å². The Morgan fingerprint density at radius 2 is 2.21 bits per heavy atom. The lowest BCUT2D eigenvalue weighted by atomic mass is 9.96. The van der Waals surface area contributed by atoms with E-state index in [0.717, 1.165) is 31.6 Å². The predicted octanol–water partition coefficient (Wildman–Crippen LogP) is 2.11. The summed E-state index contributed by atoms with van der Waals surface area (Å²) in [4.78, 5) is 19.9. The van der Waals surface area contributed by atoms with Gasteiger partial charge in [0.05, 0.1) is 6.61 Å². The molecule has 1 aliphatic carbocycles. The molecule has 0 bridgehead atoms. The Labute approximate surface area is 113 Å². The highest BCUT2D eigenvalue weighted by molar-refractivity contribution is 5.69. The van der Waals surface area contributed by atoms with E-state index in [2.05, 4.69) is 15.3 Å². The summed E-state index contributed by atoms with van der Waals surface area (Å²) in [6.45, 7) is 3.01. The van der Waals surface area contributed by atoms with Gasteiger partial charge in [0, 0.05) is 24.2 Å². The molecule has 0 amide bonds. The number of nitrogens with one attached hydrogen (secondary N) is 1. The lowest BCUT2D eigenvalue weighted by Gasteiger charge is -2.17. The highest BCUT2D eigenvalue weighted by Crippen LogP contribution is 2.24. The maximum Gasteiger partial charge on any atom is 0.305 e. The first-order valence-electron chi connectivity index (χ1n) is 7.03. The van der Waals surface area contributed by atoms with Crippen LogP contribution in [0.1, 0.15) is 43.9 Å². The van der Waals surface area contributed by atoms with Gasteiger partial charge in [-0.15, -0.1) is 0 Å². The normalized spacial score (nSPS) is 13.7. The van der Waals surface area contributed by atoms with Crippen molar-refractivity contribution in [1.82, 2.24) is 9.97 Å². The van der Waals surface area contributed by atoms with Crippen LogP contribution < -0.4 is 5.32 Å². The van der Waals surface area contributed by atoms with E-state index in [1.165, 1.54) is 24.1 Å². The Kier molecular flexibility index (Phi) is 5.12. The van der Waals surface area contributed by atoms with Crippen LogP contribution in [0.4, 0.5) is 5.82 Å². The van der Waals surface area contributed by atoms with Crippen LogP contribution in [0.3, 0.4) is 0 Å². The monoisotopic (exact) mass is 263 g/mol. The molecule has 0 aromatic carbocycles. The van der Waals surface area contributed by atoms with Crippen molar-refractivity contribution in [3.8, 4) is 0 Å². The second-order valence-corrected chi connectivity index (χ2v) is 4.69. The molecule has 0 saturated carbocycles. The molecule has 1 aromatic rings. The van der Waals surface area contributed by atoms with Gasteiger partial charge in [0.25, 0.3) is 0 Å². The van der Waals surface area contributed by atoms with Gasteiger partial charge in [0.15, 0.2) is 0 Å². The van der Waals surface area contributed by atoms with Gasteiger partial charge < -0.3 is 10.1 Å². The van der Waals surface area contributed by atoms with Crippen molar-refractivity contribution in [2.24, 2.45) is 0 Å². The Morgan fingerprint density at radius 3 is 3.05 bits per heavy atom. The van der Waals surface area contributed by atoms with Crippen molar-refractivity contribution in [2.75, 3.05) is 18.5 Å². The van der Waals surface area contributed by atoms with Gasteiger partial charge >= 0.3 is 5.97 Å². The van der Waals surface area contributed by atoms with Crippen LogP contribution in [0.15, 0.2) is 6.33 Å². The van der Waals surface area contributed by atoms with Crippen LogP contribution in [0.25, 0.3) is 0 Å². The van der Waals surface area contributed by atoms with E-state index in [0.29, 0.717) is 13.0 Å². The minimum atomic E-state index is -0.131. The van der Waals surface area contributed by atoms with Crippen molar-refractivity contribution in [3.63, 3.8) is 0 Å². The van der Waals surface area contributed by atoms with Gasteiger partial charge in [0.1, 0.15) is 12.1 Å². The number of aryl methyl sites for hydroxylation is 1. The van der Waals surface area contributed by atoms with Crippen LogP contribution in [-0.2, 0) is 22.4 Å². The number of anilines is 1. The lowest BCUT2D eigenvalue weighted by Crippen LogP contribution is -2.14. The molecule has 19 heavy (non-hydrogen) atoms. The number of hydrogen-bond donors (Lipinski definition) is 1. The highest BCUT2D eigenvalue weighted by Gasteiger charge is 2.14. The van der Waals surface area contributed by atoms with E-state index in [1.807, 2.05) is 6.92 Å². The van der Waals surface area contributed by atoms with Gasteiger partial charge in [-0.1, -0.05) is 0 Å². The highest BCUT2D eigenvalue weighted by atomic mass is 16.5. The van der Waals surface area contributed by atoms with Gasteiger partial charge in [-0.05, 0) is 39.0 Å². The summed E-state index contributed by atoms with van der Waals surface area (Å²) in [5.41, 5.74) is 2.43. The second-order valence-electron chi connectivity index (χ2n) is 4.69. The molecule has 5 nitrogen and oxygen atoms in total. The van der Waals surface area contributed by atoms with E-state index < -0.39 is 0 Å². The number of carbonyl (C=O) groups excluding carboxylic acids is 1. The largest absolute Gasteiger partial charge is 0.466 e. The van der Waals surface area contributed by atoms with Gasteiger partial charge in [-0.25, -0.2) is 9.97 Å². The molecule has 1 heterocycles. The average molecular weight is 263 g/mol. The number of fused-ring (bicyclic) bond motifs is 1. The second kappa shape index (κ2) is 7.07. The summed E-state index contributed by atoms with van der Waals surface area (Å²) in [6.07, 6.45) is 7.36. The van der Waals surface area contributed by atoms with Crippen LogP contribution in [0.5, 0.6) is 0 Å². The molecule has 0 saturated heterocycles. The number of aromatic nitrogens is 2. The molecular weight excluding hydrogens is 242 g/mol. The van der Waals surface area contributed by atoms with Crippen molar-refractivity contribution >= 4 is 11.8 Å². The average Bonchev–Trinajstić information content (AvgIpc) is 2.44. The first kappa shape index (κ1) is 13.8. The minimum Gasteiger partial charge on any atom is -0.466 e. The van der Waals surface area contributed by atoms with E-state index in [-0.39, 0.29) is 5.97 Å². The molecule has 0 aliphatic heterocycles. The first-order chi connectivity index (χ1) is 9.31. The Hall–Kier alpha value is -1.65. The number of hydrogen-bond acceptors (Lipinski definition) is 5. The molecular formula is C14H21N3O2. The summed E-state index contributed by atoms with van der Waals surface area (Å²) < 4.78 is 4.89. The van der Waals surface area contributed by atoms with Gasteiger partial charge in [-0.2, -0.15) is 0 Å². The van der Waals surface area contributed by atoms with Crippen LogP contribution in [0, 0.1) is 0 Å². The maximum absolute atomic E-state index is 11.2. The topological polar surface area (TPSA) is 64.1 Å². The zero-order valence-corrected chi connectivity index (χ0v) is 11.4. The molecule has 0 unspecified atom stereocenters. The number of carbonyl (C=O) groups is 1.